The summed E-state index contributed by atoms with van der Waals surface area (Å²) < 4.78 is 10.8. The van der Waals surface area contributed by atoms with Crippen molar-refractivity contribution >= 4 is 0 Å². The Morgan fingerprint density at radius 1 is 1.40 bits per heavy atom. The zero-order valence-electron chi connectivity index (χ0n) is 8.89. The predicted molar refractivity (Wildman–Crippen MR) is 57.5 cm³/mol. The van der Waals surface area contributed by atoms with Gasteiger partial charge in [-0.15, -0.1) is 0 Å². The summed E-state index contributed by atoms with van der Waals surface area (Å²) in [5, 5.41) is 0. The quantitative estimate of drug-likeness (QED) is 0.805. The molecule has 0 bridgehead atoms. The molecule has 0 aliphatic carbocycles. The Labute approximate surface area is 90.0 Å². The van der Waals surface area contributed by atoms with Crippen molar-refractivity contribution in [3.63, 3.8) is 0 Å². The summed E-state index contributed by atoms with van der Waals surface area (Å²) in [4.78, 5) is 2.38. The maximum absolute atomic E-state index is 5.64. The molecule has 0 aromatic carbocycles. The Hall–Kier alpha value is -0.840. The third-order valence-corrected chi connectivity index (χ3v) is 2.80. The van der Waals surface area contributed by atoms with Gasteiger partial charge in [0.05, 0.1) is 25.5 Å². The molecule has 0 saturated carbocycles. The van der Waals surface area contributed by atoms with Crippen molar-refractivity contribution in [1.29, 1.82) is 0 Å². The van der Waals surface area contributed by atoms with E-state index in [1.165, 1.54) is 0 Å². The first-order valence-corrected chi connectivity index (χ1v) is 5.47. The lowest BCUT2D eigenvalue weighted by molar-refractivity contribution is 0.0101. The summed E-state index contributed by atoms with van der Waals surface area (Å²) >= 11 is 0. The maximum Gasteiger partial charge on any atom is 0.120 e. The van der Waals surface area contributed by atoms with Gasteiger partial charge in [-0.3, -0.25) is 4.90 Å². The molecule has 1 aromatic heterocycles. The van der Waals surface area contributed by atoms with Crippen LogP contribution < -0.4 is 5.73 Å². The third kappa shape index (κ3) is 2.59. The molecule has 84 valence electrons. The molecule has 1 saturated heterocycles. The number of nitrogens with two attached hydrogens (primary N) is 1. The summed E-state index contributed by atoms with van der Waals surface area (Å²) in [5.41, 5.74) is 5.64. The Kier molecular flexibility index (Phi) is 3.77. The van der Waals surface area contributed by atoms with Crippen LogP contribution in [0.1, 0.15) is 18.2 Å². The lowest BCUT2D eigenvalue weighted by atomic mass is 10.1. The van der Waals surface area contributed by atoms with Gasteiger partial charge in [0.1, 0.15) is 5.76 Å². The summed E-state index contributed by atoms with van der Waals surface area (Å²) in [7, 11) is 0. The van der Waals surface area contributed by atoms with Crippen LogP contribution in [0.3, 0.4) is 0 Å². The van der Waals surface area contributed by atoms with Crippen molar-refractivity contribution < 1.29 is 9.15 Å². The maximum atomic E-state index is 5.64. The lowest BCUT2D eigenvalue weighted by Crippen LogP contribution is -2.39. The molecular formula is C11H18N2O2. The van der Waals surface area contributed by atoms with E-state index in [4.69, 9.17) is 14.9 Å². The highest BCUT2D eigenvalue weighted by Gasteiger charge is 2.23. The molecule has 2 rings (SSSR count). The standard InChI is InChI=1S/C11H18N2O2/c12-4-3-10(11-2-1-7-15-11)13-5-8-14-9-6-13/h1-2,7,10H,3-6,8-9,12H2. The Balaban J connectivity index is 2.04. The molecule has 2 N–H and O–H groups in total. The third-order valence-electron chi connectivity index (χ3n) is 2.80. The van der Waals surface area contributed by atoms with Crippen LogP contribution in [0.25, 0.3) is 0 Å². The van der Waals surface area contributed by atoms with Gasteiger partial charge in [-0.2, -0.15) is 0 Å². The van der Waals surface area contributed by atoms with Gasteiger partial charge in [0, 0.05) is 13.1 Å². The molecule has 1 aliphatic heterocycles. The van der Waals surface area contributed by atoms with Gasteiger partial charge in [-0.25, -0.2) is 0 Å². The van der Waals surface area contributed by atoms with Crippen LogP contribution in [-0.2, 0) is 4.74 Å². The summed E-state index contributed by atoms with van der Waals surface area (Å²) in [5.74, 6) is 1.02. The van der Waals surface area contributed by atoms with Gasteiger partial charge in [-0.05, 0) is 25.1 Å². The van der Waals surface area contributed by atoms with E-state index < -0.39 is 0 Å². The van der Waals surface area contributed by atoms with Crippen molar-refractivity contribution in [3.8, 4) is 0 Å². The van der Waals surface area contributed by atoms with Crippen molar-refractivity contribution in [2.75, 3.05) is 32.8 Å². The second-order valence-electron chi connectivity index (χ2n) is 3.76. The topological polar surface area (TPSA) is 51.6 Å². The largest absolute Gasteiger partial charge is 0.468 e. The van der Waals surface area contributed by atoms with Crippen LogP contribution >= 0.6 is 0 Å². The van der Waals surface area contributed by atoms with Gasteiger partial charge >= 0.3 is 0 Å². The van der Waals surface area contributed by atoms with Gasteiger partial charge in [-0.1, -0.05) is 0 Å². The fraction of sp³-hybridized carbons (Fsp3) is 0.636. The number of ether oxygens (including phenoxy) is 1. The average Bonchev–Trinajstić information content (AvgIpc) is 2.80. The van der Waals surface area contributed by atoms with Crippen LogP contribution in [0.4, 0.5) is 0 Å². The van der Waals surface area contributed by atoms with Gasteiger partial charge in [0.2, 0.25) is 0 Å². The van der Waals surface area contributed by atoms with Crippen molar-refractivity contribution in [2.45, 2.75) is 12.5 Å². The molecule has 2 heterocycles. The molecule has 4 nitrogen and oxygen atoms in total. The molecule has 4 heteroatoms. The second kappa shape index (κ2) is 5.30. The van der Waals surface area contributed by atoms with E-state index in [0.717, 1.165) is 38.5 Å². The molecule has 1 unspecified atom stereocenters. The molecule has 1 aliphatic rings. The summed E-state index contributed by atoms with van der Waals surface area (Å²) in [6, 6.07) is 4.27. The molecule has 1 aromatic rings. The molecular weight excluding hydrogens is 192 g/mol. The van der Waals surface area contributed by atoms with Gasteiger partial charge in [0.15, 0.2) is 0 Å². The molecule has 0 spiro atoms. The highest BCUT2D eigenvalue weighted by atomic mass is 16.5. The van der Waals surface area contributed by atoms with Crippen molar-refractivity contribution in [2.24, 2.45) is 5.73 Å². The van der Waals surface area contributed by atoms with Crippen LogP contribution in [0.2, 0.25) is 0 Å². The fourth-order valence-electron chi connectivity index (χ4n) is 2.03. The zero-order valence-corrected chi connectivity index (χ0v) is 8.89. The Bertz CT molecular complexity index is 268. The Morgan fingerprint density at radius 2 is 2.20 bits per heavy atom. The number of morpholine rings is 1. The van der Waals surface area contributed by atoms with E-state index in [9.17, 15) is 0 Å². The minimum Gasteiger partial charge on any atom is -0.468 e. The summed E-state index contributed by atoms with van der Waals surface area (Å²) in [6.45, 7) is 4.23. The predicted octanol–water partition coefficient (Wildman–Crippen LogP) is 1.00. The van der Waals surface area contributed by atoms with E-state index in [-0.39, 0.29) is 0 Å². The van der Waals surface area contributed by atoms with E-state index in [0.29, 0.717) is 12.6 Å². The van der Waals surface area contributed by atoms with Crippen molar-refractivity contribution in [1.82, 2.24) is 4.90 Å². The highest BCUT2D eigenvalue weighted by molar-refractivity contribution is 5.05. The first-order valence-electron chi connectivity index (χ1n) is 5.47. The van der Waals surface area contributed by atoms with Crippen LogP contribution in [0, 0.1) is 0 Å². The SMILES string of the molecule is NCCC(c1ccco1)N1CCOCC1. The van der Waals surface area contributed by atoms with E-state index >= 15 is 0 Å². The lowest BCUT2D eigenvalue weighted by Gasteiger charge is -2.33. The summed E-state index contributed by atoms with van der Waals surface area (Å²) in [6.07, 6.45) is 2.66. The zero-order chi connectivity index (χ0) is 10.5. The van der Waals surface area contributed by atoms with Crippen LogP contribution in [0.15, 0.2) is 22.8 Å². The number of furan rings is 1. The first kappa shape index (κ1) is 10.7. The highest BCUT2D eigenvalue weighted by Crippen LogP contribution is 2.24. The minimum atomic E-state index is 0.314. The van der Waals surface area contributed by atoms with Gasteiger partial charge in [0.25, 0.3) is 0 Å². The van der Waals surface area contributed by atoms with Crippen LogP contribution in [-0.4, -0.2) is 37.7 Å². The second-order valence-corrected chi connectivity index (χ2v) is 3.76. The normalized spacial score (nSPS) is 20.3. The molecule has 1 atom stereocenters. The van der Waals surface area contributed by atoms with Crippen molar-refractivity contribution in [3.05, 3.63) is 24.2 Å². The number of hydrogen-bond acceptors (Lipinski definition) is 4. The molecule has 1 fully saturated rings. The first-order chi connectivity index (χ1) is 7.42. The average molecular weight is 210 g/mol. The van der Waals surface area contributed by atoms with Gasteiger partial charge < -0.3 is 14.9 Å². The monoisotopic (exact) mass is 210 g/mol. The number of rotatable bonds is 4. The fourth-order valence-corrected chi connectivity index (χ4v) is 2.03. The number of hydrogen-bond donors (Lipinski definition) is 1. The molecule has 0 radical (unpaired) electrons. The minimum absolute atomic E-state index is 0.314. The van der Waals surface area contributed by atoms with E-state index in [1.807, 2.05) is 12.1 Å². The molecule has 15 heavy (non-hydrogen) atoms. The smallest absolute Gasteiger partial charge is 0.120 e. The van der Waals surface area contributed by atoms with E-state index in [1.54, 1.807) is 6.26 Å². The Morgan fingerprint density at radius 3 is 2.80 bits per heavy atom. The van der Waals surface area contributed by atoms with Crippen LogP contribution in [0.5, 0.6) is 0 Å². The molecule has 0 amide bonds. The number of nitrogens with zero attached hydrogens (tertiary/aromatic N) is 1. The van der Waals surface area contributed by atoms with E-state index in [2.05, 4.69) is 4.90 Å².